The lowest BCUT2D eigenvalue weighted by Crippen LogP contribution is -2.30. The van der Waals surface area contributed by atoms with Crippen molar-refractivity contribution in [1.82, 2.24) is 0 Å². The lowest BCUT2D eigenvalue weighted by Gasteiger charge is -2.18. The topological polar surface area (TPSA) is 78.9 Å². The van der Waals surface area contributed by atoms with Crippen LogP contribution in [-0.2, 0) is 28.6 Å². The Morgan fingerprint density at radius 2 is 0.582 bits per heavy atom. The maximum atomic E-state index is 12.8. The second kappa shape index (κ2) is 56.0. The molecular weight excluding hydrogens is 829 g/mol. The first-order chi connectivity index (χ1) is 33.0. The van der Waals surface area contributed by atoms with E-state index in [2.05, 4.69) is 69.4 Å². The molecule has 0 aliphatic rings. The zero-order chi connectivity index (χ0) is 48.6. The van der Waals surface area contributed by atoms with Gasteiger partial charge in [-0.2, -0.15) is 0 Å². The van der Waals surface area contributed by atoms with Gasteiger partial charge in [0.05, 0.1) is 0 Å². The molecule has 6 heteroatoms. The smallest absolute Gasteiger partial charge is 0.306 e. The maximum Gasteiger partial charge on any atom is 0.306 e. The molecule has 0 heterocycles. The summed E-state index contributed by atoms with van der Waals surface area (Å²) in [5.41, 5.74) is 0. The number of esters is 3. The average Bonchev–Trinajstić information content (AvgIpc) is 3.33. The standard InChI is InChI=1S/C61H110O6/c1-4-7-10-13-16-19-22-25-27-29-30-32-34-37-39-42-45-48-51-54-60(63)66-57-58(67-61(64)55-52-49-46-43-40-35-24-21-18-15-12-9-6-3)56-65-59(62)53-50-47-44-41-38-36-33-31-28-26-23-20-17-14-11-8-5-2/h8,11,17,20,26,28,33,36,58H,4-7,9-10,12-16,18-19,21-25,27,29-32,34-35,37-57H2,1-3H3/b11-8-,20-17-,28-26-,36-33-/t58-/m1/s1. The van der Waals surface area contributed by atoms with E-state index in [1.54, 1.807) is 0 Å². The number of allylic oxidation sites excluding steroid dienone is 8. The van der Waals surface area contributed by atoms with Crippen molar-refractivity contribution in [2.45, 2.75) is 309 Å². The largest absolute Gasteiger partial charge is 0.462 e. The summed E-state index contributed by atoms with van der Waals surface area (Å²) in [6.07, 6.45) is 68.2. The minimum absolute atomic E-state index is 0.0765. The van der Waals surface area contributed by atoms with Gasteiger partial charge in [0.2, 0.25) is 0 Å². The highest BCUT2D eigenvalue weighted by molar-refractivity contribution is 5.71. The van der Waals surface area contributed by atoms with Crippen molar-refractivity contribution in [3.05, 3.63) is 48.6 Å². The van der Waals surface area contributed by atoms with Gasteiger partial charge >= 0.3 is 17.9 Å². The molecule has 0 aromatic rings. The second-order valence-corrected chi connectivity index (χ2v) is 19.5. The number of carbonyl (C=O) groups excluding carboxylic acids is 3. The molecule has 0 saturated heterocycles. The molecule has 0 amide bonds. The van der Waals surface area contributed by atoms with Crippen molar-refractivity contribution in [1.29, 1.82) is 0 Å². The fourth-order valence-corrected chi connectivity index (χ4v) is 8.49. The average molecular weight is 940 g/mol. The number of carbonyl (C=O) groups is 3. The van der Waals surface area contributed by atoms with Crippen molar-refractivity contribution in [3.8, 4) is 0 Å². The maximum absolute atomic E-state index is 12.8. The molecule has 0 aliphatic heterocycles. The van der Waals surface area contributed by atoms with E-state index in [-0.39, 0.29) is 31.1 Å². The van der Waals surface area contributed by atoms with Gasteiger partial charge in [0.15, 0.2) is 6.10 Å². The monoisotopic (exact) mass is 939 g/mol. The van der Waals surface area contributed by atoms with Crippen LogP contribution < -0.4 is 0 Å². The molecule has 0 aromatic heterocycles. The highest BCUT2D eigenvalue weighted by Crippen LogP contribution is 2.17. The third-order valence-corrected chi connectivity index (χ3v) is 12.8. The van der Waals surface area contributed by atoms with Crippen LogP contribution in [0.5, 0.6) is 0 Å². The molecule has 0 unspecified atom stereocenters. The highest BCUT2D eigenvalue weighted by atomic mass is 16.6. The van der Waals surface area contributed by atoms with Gasteiger partial charge in [-0.05, 0) is 57.8 Å². The Labute approximate surface area is 416 Å². The Morgan fingerprint density at radius 1 is 0.313 bits per heavy atom. The molecule has 0 saturated carbocycles. The zero-order valence-electron chi connectivity index (χ0n) is 44.7. The van der Waals surface area contributed by atoms with E-state index in [4.69, 9.17) is 14.2 Å². The van der Waals surface area contributed by atoms with Gasteiger partial charge in [0.25, 0.3) is 0 Å². The fraction of sp³-hybridized carbons (Fsp3) is 0.820. The van der Waals surface area contributed by atoms with Crippen LogP contribution in [0.1, 0.15) is 303 Å². The van der Waals surface area contributed by atoms with Crippen molar-refractivity contribution >= 4 is 17.9 Å². The van der Waals surface area contributed by atoms with Crippen molar-refractivity contribution in [2.75, 3.05) is 13.2 Å². The molecule has 6 nitrogen and oxygen atoms in total. The van der Waals surface area contributed by atoms with Crippen LogP contribution in [0.4, 0.5) is 0 Å². The first-order valence-electron chi connectivity index (χ1n) is 29.1. The number of hydrogen-bond donors (Lipinski definition) is 0. The molecule has 0 N–H and O–H groups in total. The van der Waals surface area contributed by atoms with Gasteiger partial charge < -0.3 is 14.2 Å². The summed E-state index contributed by atoms with van der Waals surface area (Å²) in [4.78, 5) is 38.1. The normalized spacial score (nSPS) is 12.3. The fourth-order valence-electron chi connectivity index (χ4n) is 8.49. The van der Waals surface area contributed by atoms with Crippen molar-refractivity contribution in [2.24, 2.45) is 0 Å². The van der Waals surface area contributed by atoms with Crippen LogP contribution in [0, 0.1) is 0 Å². The van der Waals surface area contributed by atoms with E-state index in [9.17, 15) is 14.4 Å². The summed E-state index contributed by atoms with van der Waals surface area (Å²) in [6.45, 7) is 6.55. The third-order valence-electron chi connectivity index (χ3n) is 12.8. The molecule has 1 atom stereocenters. The van der Waals surface area contributed by atoms with E-state index < -0.39 is 6.10 Å². The molecule has 0 aromatic carbocycles. The first kappa shape index (κ1) is 64.4. The Kier molecular flexibility index (Phi) is 53.8. The molecule has 0 spiro atoms. The van der Waals surface area contributed by atoms with E-state index in [0.717, 1.165) is 96.3 Å². The van der Waals surface area contributed by atoms with Gasteiger partial charge in [0.1, 0.15) is 13.2 Å². The predicted octanol–water partition coefficient (Wildman–Crippen LogP) is 19.4. The molecular formula is C61H110O6. The molecule has 0 aliphatic carbocycles. The summed E-state index contributed by atoms with van der Waals surface area (Å²) >= 11 is 0. The summed E-state index contributed by atoms with van der Waals surface area (Å²) in [5.74, 6) is -0.884. The zero-order valence-corrected chi connectivity index (χ0v) is 44.7. The minimum Gasteiger partial charge on any atom is -0.462 e. The Bertz CT molecular complexity index is 1170. The Morgan fingerprint density at radius 3 is 0.910 bits per heavy atom. The van der Waals surface area contributed by atoms with Gasteiger partial charge in [-0.3, -0.25) is 14.4 Å². The van der Waals surface area contributed by atoms with E-state index >= 15 is 0 Å². The van der Waals surface area contributed by atoms with Gasteiger partial charge in [-0.15, -0.1) is 0 Å². The van der Waals surface area contributed by atoms with Crippen molar-refractivity contribution in [3.63, 3.8) is 0 Å². The van der Waals surface area contributed by atoms with Crippen LogP contribution in [0.25, 0.3) is 0 Å². The van der Waals surface area contributed by atoms with E-state index in [0.29, 0.717) is 19.3 Å². The van der Waals surface area contributed by atoms with Crippen LogP contribution in [0.3, 0.4) is 0 Å². The molecule has 0 bridgehead atoms. The van der Waals surface area contributed by atoms with E-state index in [1.165, 1.54) is 167 Å². The molecule has 67 heavy (non-hydrogen) atoms. The quantitative estimate of drug-likeness (QED) is 0.0262. The van der Waals surface area contributed by atoms with Crippen LogP contribution in [0.15, 0.2) is 48.6 Å². The summed E-state index contributed by atoms with van der Waals surface area (Å²) in [7, 11) is 0. The van der Waals surface area contributed by atoms with Gasteiger partial charge in [-0.25, -0.2) is 0 Å². The summed E-state index contributed by atoms with van der Waals surface area (Å²) in [5, 5.41) is 0. The SMILES string of the molecule is CC/C=C\C/C=C\C/C=C\C/C=C\CCCCCCC(=O)OC[C@H](COC(=O)CCCCCCCCCCCCCCCCCCCCC)OC(=O)CCCCCCCCCCCCCCC. The lowest BCUT2D eigenvalue weighted by atomic mass is 10.0. The number of unbranched alkanes of at least 4 members (excludes halogenated alkanes) is 34. The first-order valence-corrected chi connectivity index (χ1v) is 29.1. The molecule has 0 rings (SSSR count). The summed E-state index contributed by atoms with van der Waals surface area (Å²) < 4.78 is 16.9. The van der Waals surface area contributed by atoms with Crippen LogP contribution in [0.2, 0.25) is 0 Å². The number of rotatable bonds is 53. The lowest BCUT2D eigenvalue weighted by molar-refractivity contribution is -0.167. The number of ether oxygens (including phenoxy) is 3. The molecule has 0 fully saturated rings. The van der Waals surface area contributed by atoms with Gasteiger partial charge in [-0.1, -0.05) is 275 Å². The summed E-state index contributed by atoms with van der Waals surface area (Å²) in [6, 6.07) is 0. The van der Waals surface area contributed by atoms with E-state index in [1.807, 2.05) is 0 Å². The van der Waals surface area contributed by atoms with Crippen LogP contribution >= 0.6 is 0 Å². The Hall–Kier alpha value is -2.63. The molecule has 0 radical (unpaired) electrons. The second-order valence-electron chi connectivity index (χ2n) is 19.5. The number of hydrogen-bond acceptors (Lipinski definition) is 6. The Balaban J connectivity index is 4.34. The van der Waals surface area contributed by atoms with Crippen molar-refractivity contribution < 1.29 is 28.6 Å². The molecule has 390 valence electrons. The van der Waals surface area contributed by atoms with Gasteiger partial charge in [0, 0.05) is 19.3 Å². The minimum atomic E-state index is -0.779. The predicted molar refractivity (Wildman–Crippen MR) is 289 cm³/mol. The highest BCUT2D eigenvalue weighted by Gasteiger charge is 2.19. The third kappa shape index (κ3) is 54.2. The van der Waals surface area contributed by atoms with Crippen LogP contribution in [-0.4, -0.2) is 37.2 Å².